The van der Waals surface area contributed by atoms with Crippen molar-refractivity contribution in [2.75, 3.05) is 7.05 Å². The summed E-state index contributed by atoms with van der Waals surface area (Å²) in [4.78, 5) is 10.2. The molecule has 1 atom stereocenters. The minimum atomic E-state index is -0.342. The second kappa shape index (κ2) is 3.38. The van der Waals surface area contributed by atoms with Gasteiger partial charge in [0, 0.05) is 18.2 Å². The maximum absolute atomic E-state index is 10.6. The molecule has 0 saturated carbocycles. The number of nitrogens with one attached hydrogen (secondary N) is 1. The van der Waals surface area contributed by atoms with Crippen LogP contribution in [0.1, 0.15) is 23.6 Å². The maximum Gasteiger partial charge on any atom is 0.269 e. The Balaban J connectivity index is 2.42. The second-order valence-corrected chi connectivity index (χ2v) is 3.52. The molecule has 0 amide bonds. The monoisotopic (exact) mass is 192 g/mol. The van der Waals surface area contributed by atoms with Crippen molar-refractivity contribution in [1.29, 1.82) is 0 Å². The molecular formula is C10H12N2O2. The predicted octanol–water partition coefficient (Wildman–Crippen LogP) is 1.80. The molecule has 14 heavy (non-hydrogen) atoms. The molecule has 0 aromatic heterocycles. The molecule has 0 saturated heterocycles. The molecule has 1 aromatic rings. The summed E-state index contributed by atoms with van der Waals surface area (Å²) in [6.07, 6.45) is 2.05. The zero-order valence-electron chi connectivity index (χ0n) is 7.99. The molecule has 4 nitrogen and oxygen atoms in total. The number of benzene rings is 1. The molecule has 74 valence electrons. The van der Waals surface area contributed by atoms with E-state index in [0.29, 0.717) is 0 Å². The Kier molecular flexibility index (Phi) is 2.21. The number of aryl methyl sites for hydroxylation is 1. The molecule has 1 aromatic carbocycles. The fourth-order valence-corrected chi connectivity index (χ4v) is 2.00. The standard InChI is InChI=1S/C10H12N2O2/c1-11-10-5-3-7-2-4-8(12(13)14)6-9(7)10/h2,4,6,10-11H,3,5H2,1H3. The number of hydrogen-bond acceptors (Lipinski definition) is 3. The molecule has 0 radical (unpaired) electrons. The van der Waals surface area contributed by atoms with Gasteiger partial charge in [-0.25, -0.2) is 0 Å². The van der Waals surface area contributed by atoms with Crippen molar-refractivity contribution >= 4 is 5.69 Å². The zero-order chi connectivity index (χ0) is 10.1. The molecule has 0 spiro atoms. The minimum absolute atomic E-state index is 0.186. The first-order valence-corrected chi connectivity index (χ1v) is 4.67. The average Bonchev–Trinajstić information content (AvgIpc) is 2.59. The highest BCUT2D eigenvalue weighted by atomic mass is 16.6. The lowest BCUT2D eigenvalue weighted by atomic mass is 10.1. The van der Waals surface area contributed by atoms with E-state index in [0.717, 1.165) is 18.4 Å². The molecule has 4 heteroatoms. The van der Waals surface area contributed by atoms with E-state index >= 15 is 0 Å². The van der Waals surface area contributed by atoms with E-state index in [-0.39, 0.29) is 16.7 Å². The van der Waals surface area contributed by atoms with Crippen molar-refractivity contribution in [3.05, 3.63) is 39.4 Å². The minimum Gasteiger partial charge on any atom is -0.313 e. The van der Waals surface area contributed by atoms with E-state index in [1.807, 2.05) is 13.1 Å². The fraction of sp³-hybridized carbons (Fsp3) is 0.400. The van der Waals surface area contributed by atoms with Gasteiger partial charge in [0.2, 0.25) is 0 Å². The lowest BCUT2D eigenvalue weighted by molar-refractivity contribution is -0.384. The van der Waals surface area contributed by atoms with E-state index in [1.54, 1.807) is 12.1 Å². The van der Waals surface area contributed by atoms with Crippen LogP contribution in [-0.2, 0) is 6.42 Å². The van der Waals surface area contributed by atoms with Gasteiger partial charge in [-0.1, -0.05) is 6.07 Å². The Bertz CT molecular complexity index is 376. The van der Waals surface area contributed by atoms with Gasteiger partial charge in [0.15, 0.2) is 0 Å². The number of hydrogen-bond donors (Lipinski definition) is 1. The van der Waals surface area contributed by atoms with Crippen LogP contribution in [0.5, 0.6) is 0 Å². The Morgan fingerprint density at radius 1 is 1.57 bits per heavy atom. The molecule has 0 aliphatic heterocycles. The van der Waals surface area contributed by atoms with Crippen LogP contribution in [0, 0.1) is 10.1 Å². The molecule has 1 aliphatic rings. The second-order valence-electron chi connectivity index (χ2n) is 3.52. The quantitative estimate of drug-likeness (QED) is 0.574. The third-order valence-corrected chi connectivity index (χ3v) is 2.77. The maximum atomic E-state index is 10.6. The molecule has 0 fully saturated rings. The highest BCUT2D eigenvalue weighted by molar-refractivity contribution is 5.44. The van der Waals surface area contributed by atoms with Crippen molar-refractivity contribution in [1.82, 2.24) is 5.32 Å². The van der Waals surface area contributed by atoms with Gasteiger partial charge in [0.25, 0.3) is 5.69 Å². The fourth-order valence-electron chi connectivity index (χ4n) is 2.00. The first-order valence-electron chi connectivity index (χ1n) is 4.67. The SMILES string of the molecule is CNC1CCc2ccc([N+](=O)[O-])cc21. The van der Waals surface area contributed by atoms with Crippen LogP contribution < -0.4 is 5.32 Å². The van der Waals surface area contributed by atoms with Crippen molar-refractivity contribution in [2.24, 2.45) is 0 Å². The summed E-state index contributed by atoms with van der Waals surface area (Å²) in [7, 11) is 1.89. The molecular weight excluding hydrogens is 180 g/mol. The number of nitrogens with zero attached hydrogens (tertiary/aromatic N) is 1. The van der Waals surface area contributed by atoms with Crippen LogP contribution in [-0.4, -0.2) is 12.0 Å². The molecule has 1 aliphatic carbocycles. The molecule has 0 bridgehead atoms. The third kappa shape index (κ3) is 1.37. The van der Waals surface area contributed by atoms with Crippen LogP contribution in [0.25, 0.3) is 0 Å². The summed E-state index contributed by atoms with van der Waals surface area (Å²) in [5.41, 5.74) is 2.50. The first-order chi connectivity index (χ1) is 6.72. The summed E-state index contributed by atoms with van der Waals surface area (Å²) >= 11 is 0. The number of fused-ring (bicyclic) bond motifs is 1. The van der Waals surface area contributed by atoms with E-state index in [4.69, 9.17) is 0 Å². The summed E-state index contributed by atoms with van der Waals surface area (Å²) < 4.78 is 0. The smallest absolute Gasteiger partial charge is 0.269 e. The normalized spacial score (nSPS) is 19.4. The van der Waals surface area contributed by atoms with Gasteiger partial charge in [-0.3, -0.25) is 10.1 Å². The molecule has 2 rings (SSSR count). The van der Waals surface area contributed by atoms with Gasteiger partial charge in [-0.2, -0.15) is 0 Å². The average molecular weight is 192 g/mol. The molecule has 0 heterocycles. The van der Waals surface area contributed by atoms with Gasteiger partial charge < -0.3 is 5.32 Å². The van der Waals surface area contributed by atoms with Crippen LogP contribution in [0.4, 0.5) is 5.69 Å². The van der Waals surface area contributed by atoms with Crippen molar-refractivity contribution in [3.8, 4) is 0 Å². The Hall–Kier alpha value is -1.42. The van der Waals surface area contributed by atoms with E-state index < -0.39 is 0 Å². The lowest BCUT2D eigenvalue weighted by Gasteiger charge is -2.08. The number of nitro benzene ring substituents is 1. The van der Waals surface area contributed by atoms with Crippen molar-refractivity contribution in [3.63, 3.8) is 0 Å². The topological polar surface area (TPSA) is 55.2 Å². The van der Waals surface area contributed by atoms with Gasteiger partial charge >= 0.3 is 0 Å². The Labute approximate surface area is 82.1 Å². The molecule has 1 unspecified atom stereocenters. The van der Waals surface area contributed by atoms with E-state index in [1.165, 1.54) is 5.56 Å². The Morgan fingerprint density at radius 2 is 2.36 bits per heavy atom. The number of rotatable bonds is 2. The zero-order valence-corrected chi connectivity index (χ0v) is 7.99. The van der Waals surface area contributed by atoms with Gasteiger partial charge in [0.05, 0.1) is 4.92 Å². The largest absolute Gasteiger partial charge is 0.313 e. The summed E-state index contributed by atoms with van der Waals surface area (Å²) in [6.45, 7) is 0. The Morgan fingerprint density at radius 3 is 3.00 bits per heavy atom. The summed E-state index contributed by atoms with van der Waals surface area (Å²) in [5.74, 6) is 0. The summed E-state index contributed by atoms with van der Waals surface area (Å²) in [6, 6.07) is 5.41. The van der Waals surface area contributed by atoms with Crippen molar-refractivity contribution in [2.45, 2.75) is 18.9 Å². The highest BCUT2D eigenvalue weighted by Crippen LogP contribution is 2.33. The van der Waals surface area contributed by atoms with Gasteiger partial charge in [0.1, 0.15) is 0 Å². The highest BCUT2D eigenvalue weighted by Gasteiger charge is 2.23. The molecule has 1 N–H and O–H groups in total. The van der Waals surface area contributed by atoms with Crippen molar-refractivity contribution < 1.29 is 4.92 Å². The van der Waals surface area contributed by atoms with Crippen LogP contribution >= 0.6 is 0 Å². The lowest BCUT2D eigenvalue weighted by Crippen LogP contribution is -2.12. The van der Waals surface area contributed by atoms with Gasteiger partial charge in [-0.15, -0.1) is 0 Å². The van der Waals surface area contributed by atoms with Crippen LogP contribution in [0.2, 0.25) is 0 Å². The first kappa shape index (κ1) is 9.15. The summed E-state index contributed by atoms with van der Waals surface area (Å²) in [5, 5.41) is 13.7. The van der Waals surface area contributed by atoms with Crippen LogP contribution in [0.3, 0.4) is 0 Å². The number of non-ortho nitro benzene ring substituents is 1. The third-order valence-electron chi connectivity index (χ3n) is 2.77. The van der Waals surface area contributed by atoms with E-state index in [9.17, 15) is 10.1 Å². The predicted molar refractivity (Wildman–Crippen MR) is 53.2 cm³/mol. The van der Waals surface area contributed by atoms with Gasteiger partial charge in [-0.05, 0) is 31.0 Å². The van der Waals surface area contributed by atoms with E-state index in [2.05, 4.69) is 5.32 Å². The van der Waals surface area contributed by atoms with Crippen LogP contribution in [0.15, 0.2) is 18.2 Å². The number of nitro groups is 1.